The zero-order chi connectivity index (χ0) is 18.7. The summed E-state index contributed by atoms with van der Waals surface area (Å²) in [5, 5.41) is 4.46. The lowest BCUT2D eigenvalue weighted by molar-refractivity contribution is 0.193. The molecule has 5 heterocycles. The van der Waals surface area contributed by atoms with Crippen LogP contribution in [0.25, 0.3) is 5.52 Å². The maximum Gasteiger partial charge on any atom is 0.158 e. The molecule has 0 radical (unpaired) electrons. The number of imidazole rings is 1. The van der Waals surface area contributed by atoms with Crippen molar-refractivity contribution in [1.82, 2.24) is 29.5 Å². The number of nitrogens with zero attached hydrogens (tertiary/aromatic N) is 7. The number of rotatable bonds is 3. The number of hydrogen-bond donors (Lipinski definition) is 0. The lowest BCUT2D eigenvalue weighted by Gasteiger charge is -2.29. The van der Waals surface area contributed by atoms with E-state index in [4.69, 9.17) is 14.7 Å². The molecule has 1 aliphatic carbocycles. The summed E-state index contributed by atoms with van der Waals surface area (Å²) >= 11 is 0. The van der Waals surface area contributed by atoms with Gasteiger partial charge in [-0.15, -0.1) is 12.4 Å². The number of halogens is 1. The first-order valence-electron chi connectivity index (χ1n) is 10.2. The van der Waals surface area contributed by atoms with Crippen LogP contribution in [0.1, 0.15) is 59.7 Å². The van der Waals surface area contributed by atoms with Gasteiger partial charge in [0.05, 0.1) is 18.0 Å². The Labute approximate surface area is 175 Å². The normalized spacial score (nSPS) is 21.3. The fourth-order valence-corrected chi connectivity index (χ4v) is 4.41. The van der Waals surface area contributed by atoms with E-state index in [1.165, 1.54) is 24.1 Å². The van der Waals surface area contributed by atoms with Gasteiger partial charge in [0.25, 0.3) is 0 Å². The highest BCUT2D eigenvalue weighted by molar-refractivity contribution is 5.85. The van der Waals surface area contributed by atoms with Crippen LogP contribution in [0.2, 0.25) is 0 Å². The molecule has 8 nitrogen and oxygen atoms in total. The first-order valence-corrected chi connectivity index (χ1v) is 10.2. The molecule has 1 atom stereocenters. The molecule has 1 saturated heterocycles. The van der Waals surface area contributed by atoms with Crippen LogP contribution in [-0.2, 0) is 17.7 Å². The van der Waals surface area contributed by atoms with Gasteiger partial charge in [0.1, 0.15) is 23.5 Å². The van der Waals surface area contributed by atoms with Crippen LogP contribution in [-0.4, -0.2) is 49.3 Å². The monoisotopic (exact) mass is 413 g/mol. The SMILES string of the molecule is Cc1nc([C@H]2CCOC2)c2c(N3CCc4nc(C5CC5)ncc4C3)ncnn12.Cl. The van der Waals surface area contributed by atoms with E-state index >= 15 is 0 Å². The molecule has 152 valence electrons. The second kappa shape index (κ2) is 7.18. The van der Waals surface area contributed by atoms with E-state index in [0.29, 0.717) is 11.8 Å². The molecular formula is C20H24ClN7O. The summed E-state index contributed by atoms with van der Waals surface area (Å²) < 4.78 is 7.55. The Morgan fingerprint density at radius 3 is 2.79 bits per heavy atom. The van der Waals surface area contributed by atoms with E-state index in [-0.39, 0.29) is 12.4 Å². The van der Waals surface area contributed by atoms with Gasteiger partial charge in [0.2, 0.25) is 0 Å². The van der Waals surface area contributed by atoms with Gasteiger partial charge in [-0.2, -0.15) is 5.10 Å². The van der Waals surface area contributed by atoms with Gasteiger partial charge in [-0.1, -0.05) is 0 Å². The molecule has 9 heteroatoms. The summed E-state index contributed by atoms with van der Waals surface area (Å²) in [4.78, 5) is 21.3. The van der Waals surface area contributed by atoms with E-state index in [9.17, 15) is 0 Å². The predicted octanol–water partition coefficient (Wildman–Crippen LogP) is 2.59. The summed E-state index contributed by atoms with van der Waals surface area (Å²) in [6.45, 7) is 5.19. The molecule has 0 amide bonds. The Morgan fingerprint density at radius 1 is 1.10 bits per heavy atom. The van der Waals surface area contributed by atoms with Crippen molar-refractivity contribution < 1.29 is 4.74 Å². The molecule has 2 fully saturated rings. The zero-order valence-electron chi connectivity index (χ0n) is 16.4. The summed E-state index contributed by atoms with van der Waals surface area (Å²) in [5.41, 5.74) is 4.49. The molecular weight excluding hydrogens is 390 g/mol. The highest BCUT2D eigenvalue weighted by Gasteiger charge is 2.30. The Hall–Kier alpha value is -2.32. The second-order valence-corrected chi connectivity index (χ2v) is 8.09. The van der Waals surface area contributed by atoms with E-state index in [0.717, 1.165) is 67.8 Å². The molecule has 29 heavy (non-hydrogen) atoms. The zero-order valence-corrected chi connectivity index (χ0v) is 17.2. The maximum absolute atomic E-state index is 5.62. The number of ether oxygens (including phenoxy) is 1. The van der Waals surface area contributed by atoms with Crippen LogP contribution in [0.4, 0.5) is 5.82 Å². The van der Waals surface area contributed by atoms with Crippen LogP contribution in [0.5, 0.6) is 0 Å². The van der Waals surface area contributed by atoms with Crippen molar-refractivity contribution in [2.45, 2.75) is 51.0 Å². The molecule has 6 rings (SSSR count). The first kappa shape index (κ1) is 18.7. The lowest BCUT2D eigenvalue weighted by atomic mass is 10.0. The minimum Gasteiger partial charge on any atom is -0.381 e. The third-order valence-corrected chi connectivity index (χ3v) is 6.11. The van der Waals surface area contributed by atoms with E-state index in [1.807, 2.05) is 17.6 Å². The summed E-state index contributed by atoms with van der Waals surface area (Å²) in [6.07, 6.45) is 8.04. The van der Waals surface area contributed by atoms with Crippen molar-refractivity contribution in [3.05, 3.63) is 41.1 Å². The summed E-state index contributed by atoms with van der Waals surface area (Å²) in [6, 6.07) is 0. The van der Waals surface area contributed by atoms with Crippen molar-refractivity contribution >= 4 is 23.7 Å². The topological polar surface area (TPSA) is 81.3 Å². The number of anilines is 1. The molecule has 0 N–H and O–H groups in total. The second-order valence-electron chi connectivity index (χ2n) is 8.09. The molecule has 0 spiro atoms. The van der Waals surface area contributed by atoms with Gasteiger partial charge in [-0.05, 0) is 26.2 Å². The van der Waals surface area contributed by atoms with E-state index < -0.39 is 0 Å². The van der Waals surface area contributed by atoms with Crippen LogP contribution < -0.4 is 4.90 Å². The van der Waals surface area contributed by atoms with E-state index in [2.05, 4.69) is 20.0 Å². The van der Waals surface area contributed by atoms with Gasteiger partial charge in [-0.25, -0.2) is 24.5 Å². The van der Waals surface area contributed by atoms with Gasteiger partial charge in [0.15, 0.2) is 5.82 Å². The van der Waals surface area contributed by atoms with Crippen molar-refractivity contribution in [2.75, 3.05) is 24.7 Å². The van der Waals surface area contributed by atoms with Crippen LogP contribution >= 0.6 is 12.4 Å². The Morgan fingerprint density at radius 2 is 2.00 bits per heavy atom. The smallest absolute Gasteiger partial charge is 0.158 e. The number of aryl methyl sites for hydroxylation is 1. The van der Waals surface area contributed by atoms with Crippen LogP contribution in [0.15, 0.2) is 12.5 Å². The largest absolute Gasteiger partial charge is 0.381 e. The van der Waals surface area contributed by atoms with Crippen molar-refractivity contribution in [2.24, 2.45) is 0 Å². The third-order valence-electron chi connectivity index (χ3n) is 6.11. The van der Waals surface area contributed by atoms with Gasteiger partial charge in [0, 0.05) is 49.7 Å². The van der Waals surface area contributed by atoms with E-state index in [1.54, 1.807) is 6.33 Å². The highest BCUT2D eigenvalue weighted by Crippen LogP contribution is 2.39. The van der Waals surface area contributed by atoms with Crippen LogP contribution in [0.3, 0.4) is 0 Å². The maximum atomic E-state index is 5.62. The molecule has 0 unspecified atom stereocenters. The summed E-state index contributed by atoms with van der Waals surface area (Å²) in [7, 11) is 0. The average Bonchev–Trinajstić information content (AvgIpc) is 3.33. The molecule has 0 bridgehead atoms. The number of hydrogen-bond acceptors (Lipinski definition) is 7. The molecule has 1 saturated carbocycles. The van der Waals surface area contributed by atoms with Crippen LogP contribution in [0, 0.1) is 6.92 Å². The number of aromatic nitrogens is 6. The fraction of sp³-hybridized carbons (Fsp3) is 0.550. The Balaban J connectivity index is 0.00000181. The number of fused-ring (bicyclic) bond motifs is 2. The summed E-state index contributed by atoms with van der Waals surface area (Å²) in [5.74, 6) is 3.79. The first-order chi connectivity index (χ1) is 13.8. The lowest BCUT2D eigenvalue weighted by Crippen LogP contribution is -2.32. The quantitative estimate of drug-likeness (QED) is 0.652. The van der Waals surface area contributed by atoms with Crippen molar-refractivity contribution in [1.29, 1.82) is 0 Å². The Bertz CT molecular complexity index is 1060. The van der Waals surface area contributed by atoms with Gasteiger partial charge >= 0.3 is 0 Å². The third kappa shape index (κ3) is 3.14. The van der Waals surface area contributed by atoms with Gasteiger partial charge in [-0.3, -0.25) is 0 Å². The molecule has 2 aliphatic heterocycles. The minimum atomic E-state index is 0. The molecule has 0 aromatic carbocycles. The van der Waals surface area contributed by atoms with Crippen molar-refractivity contribution in [3.8, 4) is 0 Å². The average molecular weight is 414 g/mol. The van der Waals surface area contributed by atoms with Gasteiger partial charge < -0.3 is 9.64 Å². The Kier molecular flexibility index (Phi) is 4.63. The molecule has 3 aromatic rings. The van der Waals surface area contributed by atoms with Crippen molar-refractivity contribution in [3.63, 3.8) is 0 Å². The minimum absolute atomic E-state index is 0. The molecule has 3 aliphatic rings. The standard InChI is InChI=1S/C20H23N7O.ClH/c1-12-24-17(14-5-7-28-10-14)18-20(22-11-23-27(12)18)26-6-4-16-15(9-26)8-21-19(25-16)13-2-3-13;/h8,11,13-14H,2-7,9-10H2,1H3;1H/t14-;/m0./s1. The molecule has 3 aromatic heterocycles. The fourth-order valence-electron chi connectivity index (χ4n) is 4.41. The highest BCUT2D eigenvalue weighted by atomic mass is 35.5. The predicted molar refractivity (Wildman–Crippen MR) is 110 cm³/mol.